The lowest BCUT2D eigenvalue weighted by Crippen LogP contribution is -2.19. The Morgan fingerprint density at radius 2 is 2.11 bits per heavy atom. The molecule has 0 atom stereocenters. The highest BCUT2D eigenvalue weighted by molar-refractivity contribution is 6.02. The molecule has 1 aliphatic rings. The number of carbonyl (C=O) groups is 3. The maximum Gasteiger partial charge on any atom is 0.342 e. The summed E-state index contributed by atoms with van der Waals surface area (Å²) in [5.74, 6) is -0.881. The van der Waals surface area contributed by atoms with E-state index in [0.29, 0.717) is 18.3 Å². The van der Waals surface area contributed by atoms with Crippen LogP contribution in [0.5, 0.6) is 11.5 Å². The summed E-state index contributed by atoms with van der Waals surface area (Å²) in [6.45, 7) is 0. The molecule has 0 unspecified atom stereocenters. The Morgan fingerprint density at radius 3 is 2.68 bits per heavy atom. The molecule has 0 saturated heterocycles. The van der Waals surface area contributed by atoms with Crippen LogP contribution in [0.3, 0.4) is 0 Å². The van der Waals surface area contributed by atoms with Crippen molar-refractivity contribution in [2.45, 2.75) is 12.8 Å². The van der Waals surface area contributed by atoms with Crippen molar-refractivity contribution in [1.29, 1.82) is 0 Å². The SMILES string of the molecule is COC(=O)c1c(C=O)cc2c(c1OC)OC(=O)CC2. The fraction of sp³-hybridized carbons (Fsp3) is 0.308. The second-order valence-electron chi connectivity index (χ2n) is 3.95. The van der Waals surface area contributed by atoms with Crippen LogP contribution in [0, 0.1) is 0 Å². The normalized spacial score (nSPS) is 13.3. The number of ether oxygens (including phenoxy) is 3. The molecule has 1 aliphatic heterocycles. The predicted molar refractivity (Wildman–Crippen MR) is 63.7 cm³/mol. The predicted octanol–water partition coefficient (Wildman–Crippen LogP) is 1.15. The number of hydrogen-bond donors (Lipinski definition) is 0. The Labute approximate surface area is 109 Å². The van der Waals surface area contributed by atoms with Crippen LogP contribution in [0.2, 0.25) is 0 Å². The van der Waals surface area contributed by atoms with E-state index in [2.05, 4.69) is 4.74 Å². The topological polar surface area (TPSA) is 78.9 Å². The van der Waals surface area contributed by atoms with Gasteiger partial charge in [0.1, 0.15) is 5.56 Å². The Bertz CT molecular complexity index is 561. The molecule has 0 radical (unpaired) electrons. The minimum atomic E-state index is -0.719. The number of fused-ring (bicyclic) bond motifs is 1. The smallest absolute Gasteiger partial charge is 0.342 e. The van der Waals surface area contributed by atoms with Crippen LogP contribution in [-0.4, -0.2) is 32.4 Å². The summed E-state index contributed by atoms with van der Waals surface area (Å²) in [5, 5.41) is 0. The van der Waals surface area contributed by atoms with Crippen molar-refractivity contribution in [3.05, 3.63) is 22.8 Å². The fourth-order valence-electron chi connectivity index (χ4n) is 2.02. The van der Waals surface area contributed by atoms with E-state index >= 15 is 0 Å². The van der Waals surface area contributed by atoms with E-state index in [1.54, 1.807) is 0 Å². The molecule has 19 heavy (non-hydrogen) atoms. The molecule has 0 bridgehead atoms. The van der Waals surface area contributed by atoms with Crippen molar-refractivity contribution in [2.24, 2.45) is 0 Å². The van der Waals surface area contributed by atoms with Crippen LogP contribution in [0.4, 0.5) is 0 Å². The number of aryl methyl sites for hydroxylation is 1. The molecule has 0 saturated carbocycles. The van der Waals surface area contributed by atoms with Gasteiger partial charge in [-0.1, -0.05) is 0 Å². The first-order chi connectivity index (χ1) is 9.12. The third-order valence-corrected chi connectivity index (χ3v) is 2.88. The van der Waals surface area contributed by atoms with Crippen LogP contribution >= 0.6 is 0 Å². The van der Waals surface area contributed by atoms with E-state index in [0.717, 1.165) is 0 Å². The lowest BCUT2D eigenvalue weighted by atomic mass is 9.97. The van der Waals surface area contributed by atoms with Crippen molar-refractivity contribution < 1.29 is 28.6 Å². The largest absolute Gasteiger partial charge is 0.492 e. The lowest BCUT2D eigenvalue weighted by Gasteiger charge is -2.20. The van der Waals surface area contributed by atoms with Gasteiger partial charge in [0.2, 0.25) is 0 Å². The number of esters is 2. The van der Waals surface area contributed by atoms with Gasteiger partial charge in [-0.15, -0.1) is 0 Å². The number of rotatable bonds is 3. The summed E-state index contributed by atoms with van der Waals surface area (Å²) in [7, 11) is 2.53. The van der Waals surface area contributed by atoms with Crippen LogP contribution in [0.15, 0.2) is 6.07 Å². The molecule has 2 rings (SSSR count). The van der Waals surface area contributed by atoms with Gasteiger partial charge in [0.05, 0.1) is 20.6 Å². The number of benzene rings is 1. The molecule has 6 nitrogen and oxygen atoms in total. The van der Waals surface area contributed by atoms with E-state index in [-0.39, 0.29) is 29.0 Å². The molecular weight excluding hydrogens is 252 g/mol. The molecule has 0 fully saturated rings. The molecule has 0 N–H and O–H groups in total. The van der Waals surface area contributed by atoms with Crippen molar-refractivity contribution >= 4 is 18.2 Å². The zero-order valence-electron chi connectivity index (χ0n) is 10.5. The molecule has 6 heteroatoms. The molecule has 100 valence electrons. The average Bonchev–Trinajstić information content (AvgIpc) is 2.44. The zero-order valence-corrected chi connectivity index (χ0v) is 10.5. The van der Waals surface area contributed by atoms with Crippen LogP contribution < -0.4 is 9.47 Å². The first-order valence-electron chi connectivity index (χ1n) is 5.60. The van der Waals surface area contributed by atoms with Crippen molar-refractivity contribution in [2.75, 3.05) is 14.2 Å². The molecule has 0 amide bonds. The van der Waals surface area contributed by atoms with Crippen molar-refractivity contribution in [3.8, 4) is 11.5 Å². The first kappa shape index (κ1) is 13.1. The number of aldehydes is 1. The monoisotopic (exact) mass is 264 g/mol. The van der Waals surface area contributed by atoms with Gasteiger partial charge in [-0.3, -0.25) is 9.59 Å². The fourth-order valence-corrected chi connectivity index (χ4v) is 2.02. The van der Waals surface area contributed by atoms with Gasteiger partial charge < -0.3 is 14.2 Å². The molecule has 1 aromatic carbocycles. The van der Waals surface area contributed by atoms with Gasteiger partial charge in [0.25, 0.3) is 0 Å². The average molecular weight is 264 g/mol. The molecule has 1 heterocycles. The van der Waals surface area contributed by atoms with E-state index in [1.165, 1.54) is 20.3 Å². The number of carbonyl (C=O) groups excluding carboxylic acids is 3. The van der Waals surface area contributed by atoms with Crippen LogP contribution in [0.25, 0.3) is 0 Å². The summed E-state index contributed by atoms with van der Waals surface area (Å²) in [6.07, 6.45) is 1.21. The molecule has 0 aliphatic carbocycles. The molecular formula is C13H12O6. The van der Waals surface area contributed by atoms with E-state index in [1.807, 2.05) is 0 Å². The second kappa shape index (κ2) is 5.09. The maximum absolute atomic E-state index is 11.7. The van der Waals surface area contributed by atoms with Gasteiger partial charge in [-0.05, 0) is 12.5 Å². The third-order valence-electron chi connectivity index (χ3n) is 2.88. The second-order valence-corrected chi connectivity index (χ2v) is 3.95. The highest BCUT2D eigenvalue weighted by Crippen LogP contribution is 2.40. The summed E-state index contributed by atoms with van der Waals surface area (Å²) in [6, 6.07) is 1.52. The maximum atomic E-state index is 11.7. The molecule has 1 aromatic rings. The quantitative estimate of drug-likeness (QED) is 0.463. The number of methoxy groups -OCH3 is 2. The summed E-state index contributed by atoms with van der Waals surface area (Å²) < 4.78 is 14.8. The summed E-state index contributed by atoms with van der Waals surface area (Å²) in [4.78, 5) is 34.2. The highest BCUT2D eigenvalue weighted by Gasteiger charge is 2.29. The van der Waals surface area contributed by atoms with Gasteiger partial charge in [0, 0.05) is 11.1 Å². The highest BCUT2D eigenvalue weighted by atomic mass is 16.6. The van der Waals surface area contributed by atoms with Crippen molar-refractivity contribution in [3.63, 3.8) is 0 Å². The van der Waals surface area contributed by atoms with E-state index < -0.39 is 11.9 Å². The number of hydrogen-bond acceptors (Lipinski definition) is 6. The Hall–Kier alpha value is -2.37. The van der Waals surface area contributed by atoms with Gasteiger partial charge in [-0.25, -0.2) is 4.79 Å². The zero-order chi connectivity index (χ0) is 14.0. The Balaban J connectivity index is 2.71. The summed E-state index contributed by atoms with van der Waals surface area (Å²) in [5.41, 5.74) is 0.778. The molecule has 0 aromatic heterocycles. The summed E-state index contributed by atoms with van der Waals surface area (Å²) >= 11 is 0. The van der Waals surface area contributed by atoms with Crippen molar-refractivity contribution in [1.82, 2.24) is 0 Å². The first-order valence-corrected chi connectivity index (χ1v) is 5.60. The van der Waals surface area contributed by atoms with Gasteiger partial charge in [0.15, 0.2) is 17.8 Å². The minimum Gasteiger partial charge on any atom is -0.492 e. The van der Waals surface area contributed by atoms with E-state index in [4.69, 9.17) is 9.47 Å². The standard InChI is InChI=1S/C13H12O6/c1-17-12-10(13(16)18-2)8(6-14)5-7-3-4-9(15)19-11(7)12/h5-6H,3-4H2,1-2H3. The third kappa shape index (κ3) is 2.16. The van der Waals surface area contributed by atoms with Crippen LogP contribution in [0.1, 0.15) is 32.7 Å². The Kier molecular flexibility index (Phi) is 3.50. The minimum absolute atomic E-state index is 0.0338. The van der Waals surface area contributed by atoms with Crippen LogP contribution in [-0.2, 0) is 16.0 Å². The lowest BCUT2D eigenvalue weighted by molar-refractivity contribution is -0.135. The molecule has 0 spiro atoms. The van der Waals surface area contributed by atoms with Gasteiger partial charge in [-0.2, -0.15) is 0 Å². The Morgan fingerprint density at radius 1 is 1.37 bits per heavy atom. The van der Waals surface area contributed by atoms with Gasteiger partial charge >= 0.3 is 11.9 Å². The van der Waals surface area contributed by atoms with E-state index in [9.17, 15) is 14.4 Å².